The fourth-order valence-corrected chi connectivity index (χ4v) is 2.74. The Morgan fingerprint density at radius 2 is 2.14 bits per heavy atom. The first-order valence-electron chi connectivity index (χ1n) is 7.66. The van der Waals surface area contributed by atoms with Crippen LogP contribution in [-0.4, -0.2) is 48.3 Å². The summed E-state index contributed by atoms with van der Waals surface area (Å²) in [6.45, 7) is 4.59. The van der Waals surface area contributed by atoms with Crippen LogP contribution in [0.1, 0.15) is 19.8 Å². The molecule has 22 heavy (non-hydrogen) atoms. The minimum atomic E-state index is -0.672. The number of nitrogens with zero attached hydrogens (tertiary/aromatic N) is 2. The molecule has 122 valence electrons. The van der Waals surface area contributed by atoms with E-state index in [0.29, 0.717) is 11.7 Å². The van der Waals surface area contributed by atoms with Crippen molar-refractivity contribution in [3.63, 3.8) is 0 Å². The van der Waals surface area contributed by atoms with E-state index in [1.54, 1.807) is 0 Å². The fraction of sp³-hybridized carbons (Fsp3) is 0.562. The van der Waals surface area contributed by atoms with Crippen LogP contribution >= 0.6 is 15.9 Å². The largest absolute Gasteiger partial charge is 0.490 e. The van der Waals surface area contributed by atoms with Crippen LogP contribution in [0.3, 0.4) is 0 Å². The molecule has 0 aliphatic carbocycles. The van der Waals surface area contributed by atoms with Crippen LogP contribution in [0, 0.1) is 5.92 Å². The first-order chi connectivity index (χ1) is 10.6. The van der Waals surface area contributed by atoms with E-state index in [1.165, 1.54) is 0 Å². The van der Waals surface area contributed by atoms with Gasteiger partial charge in [-0.1, -0.05) is 19.1 Å². The number of ether oxygens (including phenoxy) is 1. The monoisotopic (exact) mass is 369 g/mol. The highest BCUT2D eigenvalue weighted by Crippen LogP contribution is 2.23. The first kappa shape index (κ1) is 17.1. The molecular weight excluding hydrogens is 346 g/mol. The molecule has 0 bridgehead atoms. The number of guanidine groups is 1. The van der Waals surface area contributed by atoms with Crippen LogP contribution in [0.4, 0.5) is 0 Å². The zero-order valence-corrected chi connectivity index (χ0v) is 14.5. The van der Waals surface area contributed by atoms with Crippen LogP contribution in [0.2, 0.25) is 0 Å². The Labute approximate surface area is 140 Å². The average Bonchev–Trinajstić information content (AvgIpc) is 2.52. The van der Waals surface area contributed by atoms with Gasteiger partial charge >= 0.3 is 0 Å². The summed E-state index contributed by atoms with van der Waals surface area (Å²) < 4.78 is 6.44. The van der Waals surface area contributed by atoms with E-state index in [-0.39, 0.29) is 13.2 Å². The van der Waals surface area contributed by atoms with Gasteiger partial charge in [-0.2, -0.15) is 0 Å². The highest BCUT2D eigenvalue weighted by molar-refractivity contribution is 9.10. The molecule has 1 heterocycles. The summed E-state index contributed by atoms with van der Waals surface area (Å²) in [5, 5.41) is 9.97. The number of rotatable bonds is 5. The molecule has 2 rings (SSSR count). The van der Waals surface area contributed by atoms with Crippen molar-refractivity contribution < 1.29 is 9.84 Å². The lowest BCUT2D eigenvalue weighted by atomic mass is 10.00. The van der Waals surface area contributed by atoms with E-state index >= 15 is 0 Å². The van der Waals surface area contributed by atoms with Gasteiger partial charge in [-0.05, 0) is 46.8 Å². The van der Waals surface area contributed by atoms with Crippen molar-refractivity contribution in [2.24, 2.45) is 16.6 Å². The highest BCUT2D eigenvalue weighted by atomic mass is 79.9. The molecule has 0 spiro atoms. The molecule has 0 aromatic heterocycles. The minimum absolute atomic E-state index is 0.191. The molecular formula is C16H24BrN3O2. The lowest BCUT2D eigenvalue weighted by Crippen LogP contribution is -2.43. The summed E-state index contributed by atoms with van der Waals surface area (Å²) in [5.74, 6) is 1.99. The van der Waals surface area contributed by atoms with Crippen LogP contribution in [0.5, 0.6) is 5.75 Å². The van der Waals surface area contributed by atoms with Crippen LogP contribution in [0.25, 0.3) is 0 Å². The van der Waals surface area contributed by atoms with Crippen LogP contribution in [-0.2, 0) is 0 Å². The Hall–Kier alpha value is -1.27. The highest BCUT2D eigenvalue weighted by Gasteiger charge is 2.17. The second-order valence-electron chi connectivity index (χ2n) is 5.76. The second kappa shape index (κ2) is 8.39. The Balaban J connectivity index is 1.76. The average molecular weight is 370 g/mol. The molecule has 1 saturated heterocycles. The summed E-state index contributed by atoms with van der Waals surface area (Å²) in [6.07, 6.45) is 1.61. The number of halogens is 1. The third-order valence-corrected chi connectivity index (χ3v) is 4.49. The summed E-state index contributed by atoms with van der Waals surface area (Å²) in [6, 6.07) is 7.55. The molecule has 0 radical (unpaired) electrons. The van der Waals surface area contributed by atoms with E-state index in [0.717, 1.165) is 36.3 Å². The predicted octanol–water partition coefficient (Wildman–Crippen LogP) is 2.24. The molecule has 1 aromatic carbocycles. The number of aliphatic hydroxyl groups is 1. The molecule has 3 N–H and O–H groups in total. The lowest BCUT2D eigenvalue weighted by molar-refractivity contribution is 0.113. The van der Waals surface area contributed by atoms with Crippen molar-refractivity contribution in [2.75, 3.05) is 26.2 Å². The topological polar surface area (TPSA) is 71.1 Å². The number of aliphatic hydroxyl groups excluding tert-OH is 1. The van der Waals surface area contributed by atoms with Gasteiger partial charge in [-0.25, -0.2) is 0 Å². The number of para-hydroxylation sites is 1. The molecule has 1 aromatic rings. The van der Waals surface area contributed by atoms with Crippen molar-refractivity contribution in [1.29, 1.82) is 0 Å². The number of hydrogen-bond donors (Lipinski definition) is 2. The minimum Gasteiger partial charge on any atom is -0.490 e. The third-order valence-electron chi connectivity index (χ3n) is 3.84. The molecule has 1 unspecified atom stereocenters. The Morgan fingerprint density at radius 3 is 2.82 bits per heavy atom. The summed E-state index contributed by atoms with van der Waals surface area (Å²) >= 11 is 3.40. The normalized spacial score (nSPS) is 18.3. The summed E-state index contributed by atoms with van der Waals surface area (Å²) in [4.78, 5) is 6.37. The van der Waals surface area contributed by atoms with E-state index < -0.39 is 6.10 Å². The molecule has 1 atom stereocenters. The Bertz CT molecular complexity index is 502. The lowest BCUT2D eigenvalue weighted by Gasteiger charge is -2.31. The van der Waals surface area contributed by atoms with Crippen LogP contribution in [0.15, 0.2) is 33.7 Å². The van der Waals surface area contributed by atoms with Gasteiger partial charge in [0, 0.05) is 13.1 Å². The van der Waals surface area contributed by atoms with Gasteiger partial charge in [-0.15, -0.1) is 0 Å². The van der Waals surface area contributed by atoms with E-state index in [2.05, 4.69) is 32.7 Å². The quantitative estimate of drug-likeness (QED) is 0.616. The Morgan fingerprint density at radius 1 is 1.45 bits per heavy atom. The second-order valence-corrected chi connectivity index (χ2v) is 6.62. The van der Waals surface area contributed by atoms with Gasteiger partial charge in [0.2, 0.25) is 0 Å². The summed E-state index contributed by atoms with van der Waals surface area (Å²) in [7, 11) is 0. The standard InChI is InChI=1S/C16H24BrN3O2/c1-12-6-8-20(9-7-12)16(18)19-10-13(21)11-22-15-5-3-2-4-14(15)17/h2-5,12-13,21H,6-11H2,1H3,(H2,18,19). The zero-order chi connectivity index (χ0) is 15.9. The van der Waals surface area contributed by atoms with E-state index in [4.69, 9.17) is 10.5 Å². The van der Waals surface area contributed by atoms with Crippen molar-refractivity contribution in [1.82, 2.24) is 4.90 Å². The van der Waals surface area contributed by atoms with Gasteiger partial charge in [0.25, 0.3) is 0 Å². The maximum Gasteiger partial charge on any atom is 0.191 e. The molecule has 6 heteroatoms. The maximum atomic E-state index is 9.97. The molecule has 5 nitrogen and oxygen atoms in total. The number of nitrogens with two attached hydrogens (primary N) is 1. The number of piperidine rings is 1. The van der Waals surface area contributed by atoms with Gasteiger partial charge in [-0.3, -0.25) is 4.99 Å². The van der Waals surface area contributed by atoms with Gasteiger partial charge in [0.05, 0.1) is 11.0 Å². The number of benzene rings is 1. The molecule has 1 fully saturated rings. The van der Waals surface area contributed by atoms with Crippen molar-refractivity contribution in [3.8, 4) is 5.75 Å². The molecule has 0 saturated carbocycles. The maximum absolute atomic E-state index is 9.97. The third kappa shape index (κ3) is 5.18. The first-order valence-corrected chi connectivity index (χ1v) is 8.46. The van der Waals surface area contributed by atoms with E-state index in [1.807, 2.05) is 24.3 Å². The SMILES string of the molecule is CC1CCN(C(N)=NCC(O)COc2ccccc2Br)CC1. The predicted molar refractivity (Wildman–Crippen MR) is 92.1 cm³/mol. The van der Waals surface area contributed by atoms with Gasteiger partial charge in [0.1, 0.15) is 18.5 Å². The van der Waals surface area contributed by atoms with Crippen molar-refractivity contribution in [3.05, 3.63) is 28.7 Å². The zero-order valence-electron chi connectivity index (χ0n) is 12.9. The molecule has 1 aliphatic rings. The van der Waals surface area contributed by atoms with E-state index in [9.17, 15) is 5.11 Å². The van der Waals surface area contributed by atoms with Crippen LogP contribution < -0.4 is 10.5 Å². The number of hydrogen-bond acceptors (Lipinski definition) is 3. The number of aliphatic imine (C=N–C) groups is 1. The van der Waals surface area contributed by atoms with Crippen molar-refractivity contribution in [2.45, 2.75) is 25.9 Å². The van der Waals surface area contributed by atoms with Gasteiger partial charge in [0.15, 0.2) is 5.96 Å². The fourth-order valence-electron chi connectivity index (χ4n) is 2.34. The number of likely N-dealkylation sites (tertiary alicyclic amines) is 1. The molecule has 1 aliphatic heterocycles. The molecule has 0 amide bonds. The van der Waals surface area contributed by atoms with Crippen molar-refractivity contribution >= 4 is 21.9 Å². The smallest absolute Gasteiger partial charge is 0.191 e. The Kier molecular flexibility index (Phi) is 6.51. The summed E-state index contributed by atoms with van der Waals surface area (Å²) in [5.41, 5.74) is 5.99. The van der Waals surface area contributed by atoms with Gasteiger partial charge < -0.3 is 20.5 Å².